The number of rotatable bonds is 4. The molecule has 2 aromatic heterocycles. The molecule has 128 valence electrons. The van der Waals surface area contributed by atoms with Gasteiger partial charge in [0, 0.05) is 38.1 Å². The number of aryl methyl sites for hydroxylation is 1. The summed E-state index contributed by atoms with van der Waals surface area (Å²) in [6.07, 6.45) is 2.44. The zero-order valence-electron chi connectivity index (χ0n) is 14.4. The lowest BCUT2D eigenvalue weighted by Crippen LogP contribution is -2.31. The molecule has 0 saturated heterocycles. The van der Waals surface area contributed by atoms with Crippen LogP contribution in [-0.2, 0) is 17.7 Å². The van der Waals surface area contributed by atoms with E-state index in [-0.39, 0.29) is 5.97 Å². The van der Waals surface area contributed by atoms with Gasteiger partial charge < -0.3 is 14.5 Å². The van der Waals surface area contributed by atoms with Crippen LogP contribution < -0.4 is 9.80 Å². The smallest absolute Gasteiger partial charge is 0.341 e. The topological polar surface area (TPSA) is 71.5 Å². The predicted molar refractivity (Wildman–Crippen MR) is 93.9 cm³/mol. The Balaban J connectivity index is 1.80. The van der Waals surface area contributed by atoms with Gasteiger partial charge in [-0.3, -0.25) is 0 Å². The third-order valence-electron chi connectivity index (χ3n) is 3.85. The van der Waals surface area contributed by atoms with Crippen LogP contribution in [0.1, 0.15) is 33.5 Å². The Morgan fingerprint density at radius 1 is 1.42 bits per heavy atom. The van der Waals surface area contributed by atoms with Crippen LogP contribution in [0.5, 0.6) is 0 Å². The zero-order valence-corrected chi connectivity index (χ0v) is 15.2. The molecule has 0 bridgehead atoms. The first-order chi connectivity index (χ1) is 11.5. The summed E-state index contributed by atoms with van der Waals surface area (Å²) in [5.41, 5.74) is 2.23. The van der Waals surface area contributed by atoms with E-state index in [1.165, 1.54) is 10.6 Å². The summed E-state index contributed by atoms with van der Waals surface area (Å²) in [5.74, 6) is 0.270. The number of hydrogen-bond acceptors (Lipinski definition) is 8. The third-order valence-corrected chi connectivity index (χ3v) is 5.10. The van der Waals surface area contributed by atoms with Crippen LogP contribution >= 0.6 is 11.3 Å². The number of ether oxygens (including phenoxy) is 1. The molecule has 0 aromatic carbocycles. The molecule has 0 saturated carbocycles. The van der Waals surface area contributed by atoms with Crippen molar-refractivity contribution in [3.05, 3.63) is 28.0 Å². The normalized spacial score (nSPS) is 13.6. The second-order valence-electron chi connectivity index (χ2n) is 5.82. The fraction of sp³-hybridized carbons (Fsp3) is 0.500. The number of thiazole rings is 1. The van der Waals surface area contributed by atoms with Crippen molar-refractivity contribution in [1.29, 1.82) is 0 Å². The van der Waals surface area contributed by atoms with E-state index in [2.05, 4.69) is 19.9 Å². The van der Waals surface area contributed by atoms with E-state index in [0.717, 1.165) is 24.6 Å². The van der Waals surface area contributed by atoms with E-state index in [0.29, 0.717) is 23.8 Å². The predicted octanol–water partition coefficient (Wildman–Crippen LogP) is 2.05. The highest BCUT2D eigenvalue weighted by Crippen LogP contribution is 2.30. The molecule has 0 fully saturated rings. The number of carbonyl (C=O) groups is 1. The maximum Gasteiger partial charge on any atom is 0.341 e. The molecule has 0 amide bonds. The van der Waals surface area contributed by atoms with Gasteiger partial charge in [0.1, 0.15) is 0 Å². The van der Waals surface area contributed by atoms with Gasteiger partial charge in [-0.05, 0) is 13.8 Å². The van der Waals surface area contributed by atoms with Crippen molar-refractivity contribution < 1.29 is 9.53 Å². The van der Waals surface area contributed by atoms with E-state index >= 15 is 0 Å². The van der Waals surface area contributed by atoms with Crippen LogP contribution in [0, 0.1) is 6.92 Å². The first-order valence-electron chi connectivity index (χ1n) is 7.91. The molecular formula is C16H21N5O2S. The van der Waals surface area contributed by atoms with Crippen molar-refractivity contribution in [2.45, 2.75) is 26.8 Å². The van der Waals surface area contributed by atoms with Crippen molar-refractivity contribution >= 4 is 28.4 Å². The average Bonchev–Trinajstić information content (AvgIpc) is 2.98. The lowest BCUT2D eigenvalue weighted by Gasteiger charge is -2.26. The fourth-order valence-electron chi connectivity index (χ4n) is 2.56. The molecule has 3 heterocycles. The van der Waals surface area contributed by atoms with E-state index < -0.39 is 0 Å². The molecule has 0 N–H and O–H groups in total. The van der Waals surface area contributed by atoms with Crippen LogP contribution in [0.15, 0.2) is 6.20 Å². The van der Waals surface area contributed by atoms with Crippen molar-refractivity contribution in [3.8, 4) is 0 Å². The highest BCUT2D eigenvalue weighted by Gasteiger charge is 2.24. The highest BCUT2D eigenvalue weighted by atomic mass is 32.1. The number of hydrogen-bond donors (Lipinski definition) is 0. The Hall–Kier alpha value is -2.22. The first kappa shape index (κ1) is 16.6. The molecule has 0 unspecified atom stereocenters. The van der Waals surface area contributed by atoms with Gasteiger partial charge in [-0.15, -0.1) is 0 Å². The summed E-state index contributed by atoms with van der Waals surface area (Å²) in [6, 6.07) is 0. The number of esters is 1. The van der Waals surface area contributed by atoms with Crippen molar-refractivity contribution in [2.75, 3.05) is 37.0 Å². The maximum atomic E-state index is 11.9. The second kappa shape index (κ2) is 6.72. The number of nitrogens with zero attached hydrogens (tertiary/aromatic N) is 5. The van der Waals surface area contributed by atoms with Crippen molar-refractivity contribution in [2.24, 2.45) is 0 Å². The minimum absolute atomic E-state index is 0.342. The summed E-state index contributed by atoms with van der Waals surface area (Å²) in [6.45, 7) is 5.50. The maximum absolute atomic E-state index is 11.9. The largest absolute Gasteiger partial charge is 0.462 e. The van der Waals surface area contributed by atoms with Gasteiger partial charge in [0.15, 0.2) is 5.13 Å². The Labute approximate surface area is 145 Å². The number of carbonyl (C=O) groups excluding carboxylic acids is 1. The summed E-state index contributed by atoms with van der Waals surface area (Å²) in [4.78, 5) is 30.8. The Kier molecular flexibility index (Phi) is 4.66. The molecule has 1 aliphatic heterocycles. The minimum Gasteiger partial charge on any atom is -0.462 e. The van der Waals surface area contributed by atoms with Crippen LogP contribution in [0.3, 0.4) is 0 Å². The molecular weight excluding hydrogens is 326 g/mol. The molecule has 24 heavy (non-hydrogen) atoms. The quantitative estimate of drug-likeness (QED) is 0.784. The summed E-state index contributed by atoms with van der Waals surface area (Å²) >= 11 is 1.70. The Morgan fingerprint density at radius 3 is 2.88 bits per heavy atom. The lowest BCUT2D eigenvalue weighted by atomic mass is 10.2. The molecule has 0 atom stereocenters. The molecule has 0 spiro atoms. The molecule has 8 heteroatoms. The molecule has 3 rings (SSSR count). The number of aromatic nitrogens is 3. The number of anilines is 2. The Morgan fingerprint density at radius 2 is 2.21 bits per heavy atom. The van der Waals surface area contributed by atoms with Gasteiger partial charge >= 0.3 is 5.97 Å². The summed E-state index contributed by atoms with van der Waals surface area (Å²) in [7, 11) is 4.01. The Bertz CT molecular complexity index is 759. The highest BCUT2D eigenvalue weighted by molar-refractivity contribution is 7.15. The molecule has 7 nitrogen and oxygen atoms in total. The van der Waals surface area contributed by atoms with Crippen LogP contribution in [0.4, 0.5) is 11.1 Å². The molecule has 0 radical (unpaired) electrons. The van der Waals surface area contributed by atoms with Gasteiger partial charge in [-0.2, -0.15) is 0 Å². The van der Waals surface area contributed by atoms with E-state index in [1.807, 2.05) is 25.9 Å². The van der Waals surface area contributed by atoms with Crippen LogP contribution in [0.25, 0.3) is 0 Å². The molecule has 1 aliphatic rings. The van der Waals surface area contributed by atoms with E-state index in [4.69, 9.17) is 4.74 Å². The second-order valence-corrected chi connectivity index (χ2v) is 6.88. The lowest BCUT2D eigenvalue weighted by molar-refractivity contribution is 0.0524. The summed E-state index contributed by atoms with van der Waals surface area (Å²) < 4.78 is 5.02. The van der Waals surface area contributed by atoms with E-state index in [1.54, 1.807) is 24.5 Å². The first-order valence-corrected chi connectivity index (χ1v) is 8.72. The molecule has 2 aromatic rings. The van der Waals surface area contributed by atoms with Gasteiger partial charge in [0.25, 0.3) is 0 Å². The zero-order chi connectivity index (χ0) is 17.3. The number of fused-ring (bicyclic) bond motifs is 1. The average molecular weight is 347 g/mol. The standard InChI is InChI=1S/C16H21N5O2S/c1-5-23-14(22)11-8-17-15(18-10(11)2)21-7-6-12-13(9-21)24-16(19-12)20(3)4/h8H,5-7,9H2,1-4H3. The van der Waals surface area contributed by atoms with Crippen LogP contribution in [0.2, 0.25) is 0 Å². The van der Waals surface area contributed by atoms with Crippen molar-refractivity contribution in [1.82, 2.24) is 15.0 Å². The SMILES string of the molecule is CCOC(=O)c1cnc(N2CCc3nc(N(C)C)sc3C2)nc1C. The third kappa shape index (κ3) is 3.19. The van der Waals surface area contributed by atoms with Gasteiger partial charge in [0.2, 0.25) is 5.95 Å². The fourth-order valence-corrected chi connectivity index (χ4v) is 3.60. The van der Waals surface area contributed by atoms with Gasteiger partial charge in [0.05, 0.1) is 30.1 Å². The summed E-state index contributed by atoms with van der Waals surface area (Å²) in [5, 5.41) is 1.02. The monoisotopic (exact) mass is 347 g/mol. The minimum atomic E-state index is -0.374. The van der Waals surface area contributed by atoms with Crippen molar-refractivity contribution in [3.63, 3.8) is 0 Å². The van der Waals surface area contributed by atoms with Crippen LogP contribution in [-0.4, -0.2) is 48.2 Å². The molecule has 0 aliphatic carbocycles. The van der Waals surface area contributed by atoms with E-state index in [9.17, 15) is 4.79 Å². The van der Waals surface area contributed by atoms with Gasteiger partial charge in [-0.25, -0.2) is 19.7 Å². The van der Waals surface area contributed by atoms with Gasteiger partial charge in [-0.1, -0.05) is 11.3 Å².